The van der Waals surface area contributed by atoms with Gasteiger partial charge in [-0.05, 0) is 61.9 Å². The summed E-state index contributed by atoms with van der Waals surface area (Å²) in [6, 6.07) is 16.4. The smallest absolute Gasteiger partial charge is 0.269 e. The Hall–Kier alpha value is -4.25. The largest absolute Gasteiger partial charge is 0.325 e. The van der Waals surface area contributed by atoms with Gasteiger partial charge in [0, 0.05) is 46.1 Å². The van der Waals surface area contributed by atoms with Crippen LogP contribution in [0.1, 0.15) is 22.8 Å². The summed E-state index contributed by atoms with van der Waals surface area (Å²) in [6.45, 7) is 3.43. The van der Waals surface area contributed by atoms with E-state index in [9.17, 15) is 29.8 Å². The minimum Gasteiger partial charge on any atom is -0.325 e. The maximum Gasteiger partial charge on any atom is 0.269 e. The van der Waals surface area contributed by atoms with Crippen molar-refractivity contribution in [1.29, 1.82) is 0 Å². The molecule has 0 radical (unpaired) electrons. The standard InChI is InChI=1S/C23H20N4O6S/c1-14-13-19(27(32)33)9-12-21(14)25-22(28)15(2)34-20-10-5-17(6-11-20)24-23(29)16-3-7-18(8-4-16)26(30)31/h3-13,15H,1-2H3,(H,24,29)(H,25,28). The fraction of sp³-hybridized carbons (Fsp3) is 0.130. The Labute approximate surface area is 198 Å². The monoisotopic (exact) mass is 480 g/mol. The number of non-ortho nitro benzene ring substituents is 2. The molecule has 0 saturated carbocycles. The van der Waals surface area contributed by atoms with E-state index in [-0.39, 0.29) is 22.8 Å². The van der Waals surface area contributed by atoms with E-state index in [1.165, 1.54) is 54.2 Å². The Kier molecular flexibility index (Phi) is 7.59. The zero-order chi connectivity index (χ0) is 24.8. The number of rotatable bonds is 8. The fourth-order valence-electron chi connectivity index (χ4n) is 2.95. The average molecular weight is 481 g/mol. The molecule has 174 valence electrons. The number of anilines is 2. The SMILES string of the molecule is Cc1cc([N+](=O)[O-])ccc1NC(=O)C(C)Sc1ccc(NC(=O)c2ccc([N+](=O)[O-])cc2)cc1. The normalized spacial score (nSPS) is 11.4. The third kappa shape index (κ3) is 6.17. The zero-order valence-corrected chi connectivity index (χ0v) is 19.0. The minimum absolute atomic E-state index is 0.0429. The van der Waals surface area contributed by atoms with Gasteiger partial charge in [-0.1, -0.05) is 0 Å². The maximum absolute atomic E-state index is 12.6. The van der Waals surface area contributed by atoms with Gasteiger partial charge in [-0.25, -0.2) is 0 Å². The predicted octanol–water partition coefficient (Wildman–Crippen LogP) is 5.18. The first-order chi connectivity index (χ1) is 16.1. The van der Waals surface area contributed by atoms with E-state index in [4.69, 9.17) is 0 Å². The van der Waals surface area contributed by atoms with E-state index >= 15 is 0 Å². The second-order valence-electron chi connectivity index (χ2n) is 7.29. The number of thioether (sulfide) groups is 1. The van der Waals surface area contributed by atoms with Crippen LogP contribution >= 0.6 is 11.8 Å². The van der Waals surface area contributed by atoms with Crippen LogP contribution in [0.25, 0.3) is 0 Å². The summed E-state index contributed by atoms with van der Waals surface area (Å²) in [5, 5.41) is 26.6. The topological polar surface area (TPSA) is 144 Å². The van der Waals surface area contributed by atoms with Gasteiger partial charge >= 0.3 is 0 Å². The van der Waals surface area contributed by atoms with Crippen molar-refractivity contribution in [3.05, 3.63) is 98.1 Å². The molecule has 0 heterocycles. The van der Waals surface area contributed by atoms with Crippen molar-refractivity contribution in [2.24, 2.45) is 0 Å². The van der Waals surface area contributed by atoms with E-state index in [1.807, 2.05) is 0 Å². The molecule has 0 aliphatic rings. The zero-order valence-electron chi connectivity index (χ0n) is 18.2. The molecule has 1 unspecified atom stereocenters. The summed E-state index contributed by atoms with van der Waals surface area (Å²) in [5.41, 5.74) is 1.78. The molecule has 0 aliphatic carbocycles. The minimum atomic E-state index is -0.535. The van der Waals surface area contributed by atoms with E-state index < -0.39 is 21.0 Å². The summed E-state index contributed by atoms with van der Waals surface area (Å²) in [6.07, 6.45) is 0. The molecule has 34 heavy (non-hydrogen) atoms. The molecule has 11 heteroatoms. The van der Waals surface area contributed by atoms with Gasteiger partial charge in [0.2, 0.25) is 5.91 Å². The average Bonchev–Trinajstić information content (AvgIpc) is 2.81. The molecule has 0 spiro atoms. The summed E-state index contributed by atoms with van der Waals surface area (Å²) in [5.74, 6) is -0.654. The van der Waals surface area contributed by atoms with Gasteiger partial charge in [-0.15, -0.1) is 11.8 Å². The van der Waals surface area contributed by atoms with Crippen molar-refractivity contribution in [1.82, 2.24) is 0 Å². The summed E-state index contributed by atoms with van der Waals surface area (Å²) >= 11 is 1.32. The van der Waals surface area contributed by atoms with Crippen molar-refractivity contribution in [2.75, 3.05) is 10.6 Å². The number of aryl methyl sites for hydroxylation is 1. The van der Waals surface area contributed by atoms with Gasteiger partial charge in [0.1, 0.15) is 0 Å². The van der Waals surface area contributed by atoms with Crippen LogP contribution in [0, 0.1) is 27.2 Å². The molecule has 0 aliphatic heterocycles. The number of nitro groups is 2. The molecular formula is C23H20N4O6S. The predicted molar refractivity (Wildman–Crippen MR) is 129 cm³/mol. The van der Waals surface area contributed by atoms with E-state index in [1.54, 1.807) is 38.1 Å². The number of carbonyl (C=O) groups excluding carboxylic acids is 2. The number of hydrogen-bond donors (Lipinski definition) is 2. The van der Waals surface area contributed by atoms with Crippen molar-refractivity contribution in [3.63, 3.8) is 0 Å². The van der Waals surface area contributed by atoms with Crippen LogP contribution < -0.4 is 10.6 Å². The van der Waals surface area contributed by atoms with E-state index in [2.05, 4.69) is 10.6 Å². The number of amides is 2. The van der Waals surface area contributed by atoms with Crippen LogP contribution in [0.3, 0.4) is 0 Å². The first kappa shape index (κ1) is 24.4. The summed E-state index contributed by atoms with van der Waals surface area (Å²) < 4.78 is 0. The molecule has 0 fully saturated rings. The number of nitrogens with one attached hydrogen (secondary N) is 2. The third-order valence-electron chi connectivity index (χ3n) is 4.81. The lowest BCUT2D eigenvalue weighted by Crippen LogP contribution is -2.22. The van der Waals surface area contributed by atoms with Crippen LogP contribution in [-0.2, 0) is 4.79 Å². The molecule has 2 amide bonds. The van der Waals surface area contributed by atoms with E-state index in [0.29, 0.717) is 16.9 Å². The second-order valence-corrected chi connectivity index (χ2v) is 8.70. The van der Waals surface area contributed by atoms with Crippen molar-refractivity contribution in [3.8, 4) is 0 Å². The lowest BCUT2D eigenvalue weighted by Gasteiger charge is -2.14. The Morgan fingerprint density at radius 2 is 1.44 bits per heavy atom. The highest BCUT2D eigenvalue weighted by Gasteiger charge is 2.17. The first-order valence-corrected chi connectivity index (χ1v) is 10.9. The number of benzene rings is 3. The van der Waals surface area contributed by atoms with Crippen LogP contribution in [0.5, 0.6) is 0 Å². The van der Waals surface area contributed by atoms with Gasteiger partial charge in [0.25, 0.3) is 17.3 Å². The third-order valence-corrected chi connectivity index (χ3v) is 5.93. The van der Waals surface area contributed by atoms with Gasteiger partial charge in [-0.3, -0.25) is 29.8 Å². The van der Waals surface area contributed by atoms with Gasteiger partial charge in [0.15, 0.2) is 0 Å². The Balaban J connectivity index is 1.57. The van der Waals surface area contributed by atoms with Crippen LogP contribution in [0.15, 0.2) is 71.6 Å². The molecule has 0 saturated heterocycles. The molecule has 3 rings (SSSR count). The molecular weight excluding hydrogens is 460 g/mol. The van der Waals surface area contributed by atoms with Gasteiger partial charge < -0.3 is 10.6 Å². The Morgan fingerprint density at radius 1 is 0.853 bits per heavy atom. The number of nitrogens with zero attached hydrogens (tertiary/aromatic N) is 2. The van der Waals surface area contributed by atoms with Gasteiger partial charge in [-0.2, -0.15) is 0 Å². The van der Waals surface area contributed by atoms with Crippen LogP contribution in [-0.4, -0.2) is 26.9 Å². The molecule has 0 bridgehead atoms. The molecule has 3 aromatic rings. The highest BCUT2D eigenvalue weighted by Crippen LogP contribution is 2.27. The van der Waals surface area contributed by atoms with Crippen LogP contribution in [0.4, 0.5) is 22.7 Å². The number of hydrogen-bond acceptors (Lipinski definition) is 7. The Morgan fingerprint density at radius 3 is 2.00 bits per heavy atom. The molecule has 0 aromatic heterocycles. The highest BCUT2D eigenvalue weighted by atomic mass is 32.2. The van der Waals surface area contributed by atoms with Crippen molar-refractivity contribution >= 4 is 46.3 Å². The van der Waals surface area contributed by atoms with Crippen LogP contribution in [0.2, 0.25) is 0 Å². The molecule has 10 nitrogen and oxygen atoms in total. The summed E-state index contributed by atoms with van der Waals surface area (Å²) in [4.78, 5) is 46.2. The summed E-state index contributed by atoms with van der Waals surface area (Å²) in [7, 11) is 0. The van der Waals surface area contributed by atoms with Gasteiger partial charge in [0.05, 0.1) is 15.1 Å². The Bertz CT molecular complexity index is 1250. The lowest BCUT2D eigenvalue weighted by molar-refractivity contribution is -0.385. The number of nitro benzene ring substituents is 2. The maximum atomic E-state index is 12.6. The molecule has 2 N–H and O–H groups in total. The highest BCUT2D eigenvalue weighted by molar-refractivity contribution is 8.00. The van der Waals surface area contributed by atoms with Crippen molar-refractivity contribution in [2.45, 2.75) is 24.0 Å². The van der Waals surface area contributed by atoms with E-state index in [0.717, 1.165) is 4.90 Å². The molecule has 3 aromatic carbocycles. The second kappa shape index (κ2) is 10.6. The quantitative estimate of drug-likeness (QED) is 0.257. The molecule has 1 atom stereocenters. The fourth-order valence-corrected chi connectivity index (χ4v) is 3.82. The lowest BCUT2D eigenvalue weighted by atomic mass is 10.2. The first-order valence-electron chi connectivity index (χ1n) is 10.0. The number of carbonyl (C=O) groups is 2. The van der Waals surface area contributed by atoms with Crippen molar-refractivity contribution < 1.29 is 19.4 Å².